The summed E-state index contributed by atoms with van der Waals surface area (Å²) in [5, 5.41) is 9.73. The SMILES string of the molecule is CCOC(=O)C(C#N)(Cc1ccccc1)Cc1ccc(F)cc1. The predicted molar refractivity (Wildman–Crippen MR) is 84.9 cm³/mol. The number of nitrogens with zero attached hydrogens (tertiary/aromatic N) is 1. The average molecular weight is 311 g/mol. The number of hydrogen-bond acceptors (Lipinski definition) is 3. The van der Waals surface area contributed by atoms with E-state index in [1.54, 1.807) is 19.1 Å². The molecule has 0 radical (unpaired) electrons. The summed E-state index contributed by atoms with van der Waals surface area (Å²) in [6.45, 7) is 1.92. The van der Waals surface area contributed by atoms with Crippen LogP contribution >= 0.6 is 0 Å². The van der Waals surface area contributed by atoms with Gasteiger partial charge in [0.15, 0.2) is 5.41 Å². The molecule has 0 aliphatic carbocycles. The van der Waals surface area contributed by atoms with Gasteiger partial charge in [-0.3, -0.25) is 4.79 Å². The molecule has 1 unspecified atom stereocenters. The summed E-state index contributed by atoms with van der Waals surface area (Å²) in [5.41, 5.74) is 0.274. The van der Waals surface area contributed by atoms with Gasteiger partial charge in [-0.2, -0.15) is 5.26 Å². The second-order valence-corrected chi connectivity index (χ2v) is 5.38. The number of carbonyl (C=O) groups is 1. The summed E-state index contributed by atoms with van der Waals surface area (Å²) >= 11 is 0. The molecular formula is C19H18FNO2. The minimum absolute atomic E-state index is 0.178. The van der Waals surface area contributed by atoms with E-state index in [4.69, 9.17) is 4.74 Å². The van der Waals surface area contributed by atoms with E-state index in [0.29, 0.717) is 0 Å². The van der Waals surface area contributed by atoms with Gasteiger partial charge < -0.3 is 4.74 Å². The highest BCUT2D eigenvalue weighted by Crippen LogP contribution is 2.29. The predicted octanol–water partition coefficient (Wildman–Crippen LogP) is 3.68. The molecule has 2 aromatic carbocycles. The number of benzene rings is 2. The van der Waals surface area contributed by atoms with Crippen molar-refractivity contribution >= 4 is 5.97 Å². The molecule has 4 heteroatoms. The Bertz CT molecular complexity index is 692. The van der Waals surface area contributed by atoms with Crippen LogP contribution in [-0.2, 0) is 22.4 Å². The zero-order chi connectivity index (χ0) is 16.7. The lowest BCUT2D eigenvalue weighted by Gasteiger charge is -2.24. The number of ether oxygens (including phenoxy) is 1. The van der Waals surface area contributed by atoms with Gasteiger partial charge >= 0.3 is 5.97 Å². The molecule has 23 heavy (non-hydrogen) atoms. The van der Waals surface area contributed by atoms with Gasteiger partial charge in [0.05, 0.1) is 12.7 Å². The molecule has 0 amide bonds. The Balaban J connectivity index is 2.35. The molecule has 0 heterocycles. The molecule has 0 N–H and O–H groups in total. The number of nitriles is 1. The molecule has 3 nitrogen and oxygen atoms in total. The first-order valence-electron chi connectivity index (χ1n) is 7.46. The van der Waals surface area contributed by atoms with E-state index in [2.05, 4.69) is 6.07 Å². The smallest absolute Gasteiger partial charge is 0.327 e. The molecule has 0 aliphatic rings. The minimum atomic E-state index is -1.32. The van der Waals surface area contributed by atoms with E-state index in [0.717, 1.165) is 11.1 Å². The topological polar surface area (TPSA) is 50.1 Å². The molecule has 2 rings (SSSR count). The zero-order valence-corrected chi connectivity index (χ0v) is 13.0. The molecular weight excluding hydrogens is 293 g/mol. The maximum absolute atomic E-state index is 13.1. The van der Waals surface area contributed by atoms with Crippen molar-refractivity contribution < 1.29 is 13.9 Å². The average Bonchev–Trinajstić information content (AvgIpc) is 2.57. The Morgan fingerprint density at radius 1 is 1.09 bits per heavy atom. The van der Waals surface area contributed by atoms with Crippen LogP contribution in [0.4, 0.5) is 4.39 Å². The molecule has 0 aromatic heterocycles. The van der Waals surface area contributed by atoms with E-state index < -0.39 is 11.4 Å². The van der Waals surface area contributed by atoms with Gasteiger partial charge in [0, 0.05) is 12.8 Å². The van der Waals surface area contributed by atoms with E-state index in [9.17, 15) is 14.4 Å². The second-order valence-electron chi connectivity index (χ2n) is 5.38. The summed E-state index contributed by atoms with van der Waals surface area (Å²) < 4.78 is 18.2. The minimum Gasteiger partial charge on any atom is -0.465 e. The Morgan fingerprint density at radius 3 is 2.17 bits per heavy atom. The van der Waals surface area contributed by atoms with Crippen molar-refractivity contribution in [3.05, 3.63) is 71.5 Å². The highest BCUT2D eigenvalue weighted by atomic mass is 19.1. The van der Waals surface area contributed by atoms with Gasteiger partial charge in [0.25, 0.3) is 0 Å². The second kappa shape index (κ2) is 7.55. The van der Waals surface area contributed by atoms with Crippen LogP contribution in [0.5, 0.6) is 0 Å². The van der Waals surface area contributed by atoms with Crippen molar-refractivity contribution in [1.29, 1.82) is 5.26 Å². The van der Waals surface area contributed by atoms with Gasteiger partial charge in [-0.25, -0.2) is 4.39 Å². The van der Waals surface area contributed by atoms with Crippen molar-refractivity contribution in [1.82, 2.24) is 0 Å². The first-order valence-corrected chi connectivity index (χ1v) is 7.46. The van der Waals surface area contributed by atoms with E-state index in [1.807, 2.05) is 30.3 Å². The van der Waals surface area contributed by atoms with Crippen LogP contribution < -0.4 is 0 Å². The zero-order valence-electron chi connectivity index (χ0n) is 13.0. The Morgan fingerprint density at radius 2 is 1.65 bits per heavy atom. The molecule has 0 aliphatic heterocycles. The lowest BCUT2D eigenvalue weighted by Crippen LogP contribution is -2.36. The third-order valence-corrected chi connectivity index (χ3v) is 3.65. The summed E-state index contributed by atoms with van der Waals surface area (Å²) in [6, 6.07) is 17.3. The number of rotatable bonds is 6. The Hall–Kier alpha value is -2.67. The van der Waals surface area contributed by atoms with Crippen molar-refractivity contribution in [3.63, 3.8) is 0 Å². The Labute approximate surface area is 135 Å². The fraction of sp³-hybridized carbons (Fsp3) is 0.263. The van der Waals surface area contributed by atoms with Crippen LogP contribution in [0.2, 0.25) is 0 Å². The normalized spacial score (nSPS) is 12.9. The van der Waals surface area contributed by atoms with Crippen LogP contribution in [0.15, 0.2) is 54.6 Å². The summed E-state index contributed by atoms with van der Waals surface area (Å²) in [4.78, 5) is 12.5. The third-order valence-electron chi connectivity index (χ3n) is 3.65. The molecule has 1 atom stereocenters. The summed E-state index contributed by atoms with van der Waals surface area (Å²) in [7, 11) is 0. The largest absolute Gasteiger partial charge is 0.465 e. The van der Waals surface area contributed by atoms with Gasteiger partial charge in [-0.1, -0.05) is 42.5 Å². The van der Waals surface area contributed by atoms with Crippen LogP contribution in [0.25, 0.3) is 0 Å². The molecule has 0 fully saturated rings. The van der Waals surface area contributed by atoms with Crippen molar-refractivity contribution in [3.8, 4) is 6.07 Å². The van der Waals surface area contributed by atoms with E-state index in [-0.39, 0.29) is 25.3 Å². The molecule has 0 saturated heterocycles. The lowest BCUT2D eigenvalue weighted by atomic mass is 9.77. The summed E-state index contributed by atoms with van der Waals surface area (Å²) in [6.07, 6.45) is 0.429. The molecule has 0 spiro atoms. The van der Waals surface area contributed by atoms with Gasteiger partial charge in [-0.05, 0) is 30.2 Å². The van der Waals surface area contributed by atoms with E-state index in [1.165, 1.54) is 12.1 Å². The monoisotopic (exact) mass is 311 g/mol. The van der Waals surface area contributed by atoms with Crippen LogP contribution in [-0.4, -0.2) is 12.6 Å². The highest BCUT2D eigenvalue weighted by molar-refractivity contribution is 5.81. The Kier molecular flexibility index (Phi) is 5.48. The molecule has 0 bridgehead atoms. The van der Waals surface area contributed by atoms with Crippen LogP contribution in [0.3, 0.4) is 0 Å². The number of halogens is 1. The number of carbonyl (C=O) groups excluding carboxylic acids is 1. The molecule has 118 valence electrons. The first kappa shape index (κ1) is 16.7. The van der Waals surface area contributed by atoms with Gasteiger partial charge in [-0.15, -0.1) is 0 Å². The van der Waals surface area contributed by atoms with Crippen molar-refractivity contribution in [2.75, 3.05) is 6.61 Å². The lowest BCUT2D eigenvalue weighted by molar-refractivity contribution is -0.152. The fourth-order valence-corrected chi connectivity index (χ4v) is 2.50. The van der Waals surface area contributed by atoms with Crippen LogP contribution in [0.1, 0.15) is 18.1 Å². The fourth-order valence-electron chi connectivity index (χ4n) is 2.50. The van der Waals surface area contributed by atoms with E-state index >= 15 is 0 Å². The number of esters is 1. The van der Waals surface area contributed by atoms with Crippen molar-refractivity contribution in [2.45, 2.75) is 19.8 Å². The van der Waals surface area contributed by atoms with Gasteiger partial charge in [0.1, 0.15) is 5.82 Å². The summed E-state index contributed by atoms with van der Waals surface area (Å²) in [5.74, 6) is -0.897. The highest BCUT2D eigenvalue weighted by Gasteiger charge is 2.40. The van der Waals surface area contributed by atoms with Crippen LogP contribution in [0, 0.1) is 22.6 Å². The molecule has 0 saturated carbocycles. The first-order chi connectivity index (χ1) is 11.1. The maximum atomic E-state index is 13.1. The quantitative estimate of drug-likeness (QED) is 0.765. The number of hydrogen-bond donors (Lipinski definition) is 0. The van der Waals surface area contributed by atoms with Gasteiger partial charge in [0.2, 0.25) is 0 Å². The van der Waals surface area contributed by atoms with Crippen molar-refractivity contribution in [2.24, 2.45) is 5.41 Å². The third kappa shape index (κ3) is 4.17. The standard InChI is InChI=1S/C19H18FNO2/c1-2-23-18(22)19(14-21,12-15-6-4-3-5-7-15)13-16-8-10-17(20)11-9-16/h3-11H,2,12-13H2,1H3. The maximum Gasteiger partial charge on any atom is 0.327 e. The molecule has 2 aromatic rings.